The van der Waals surface area contributed by atoms with Crippen molar-refractivity contribution in [3.8, 4) is 6.07 Å². The highest BCUT2D eigenvalue weighted by atomic mass is 16.6. The van der Waals surface area contributed by atoms with Gasteiger partial charge >= 0.3 is 0 Å². The smallest absolute Gasteiger partial charge is 0.273 e. The van der Waals surface area contributed by atoms with E-state index in [2.05, 4.69) is 0 Å². The summed E-state index contributed by atoms with van der Waals surface area (Å²) in [6.07, 6.45) is 3.88. The fourth-order valence-electron chi connectivity index (χ4n) is 2.87. The maximum Gasteiger partial charge on any atom is 0.273 e. The van der Waals surface area contributed by atoms with E-state index in [1.807, 2.05) is 6.07 Å². The van der Waals surface area contributed by atoms with Gasteiger partial charge in [-0.3, -0.25) is 14.9 Å². The second-order valence-corrected chi connectivity index (χ2v) is 5.24. The number of amides is 1. The third-order valence-corrected chi connectivity index (χ3v) is 4.00. The van der Waals surface area contributed by atoms with Gasteiger partial charge in [0, 0.05) is 23.2 Å². The van der Waals surface area contributed by atoms with Crippen LogP contribution in [0.5, 0.6) is 0 Å². The predicted molar refractivity (Wildman–Crippen MR) is 76.7 cm³/mol. The van der Waals surface area contributed by atoms with Gasteiger partial charge in [0.05, 0.1) is 11.0 Å². The molecule has 6 nitrogen and oxygen atoms in total. The maximum absolute atomic E-state index is 12.7. The highest BCUT2D eigenvalue weighted by molar-refractivity contribution is 5.97. The van der Waals surface area contributed by atoms with Crippen LogP contribution in [-0.2, 0) is 0 Å². The maximum atomic E-state index is 12.7. The Kier molecular flexibility index (Phi) is 4.53. The van der Waals surface area contributed by atoms with Crippen molar-refractivity contribution < 1.29 is 9.72 Å². The third-order valence-electron chi connectivity index (χ3n) is 4.00. The molecule has 21 heavy (non-hydrogen) atoms. The van der Waals surface area contributed by atoms with Crippen molar-refractivity contribution >= 4 is 11.6 Å². The first kappa shape index (κ1) is 15.0. The van der Waals surface area contributed by atoms with Crippen LogP contribution in [0.15, 0.2) is 18.2 Å². The zero-order chi connectivity index (χ0) is 15.4. The van der Waals surface area contributed by atoms with Gasteiger partial charge in [-0.1, -0.05) is 18.9 Å². The molecule has 2 rings (SSSR count). The number of hydrogen-bond acceptors (Lipinski definition) is 4. The molecule has 0 aromatic heterocycles. The molecule has 0 bridgehead atoms. The van der Waals surface area contributed by atoms with Crippen LogP contribution in [0.1, 0.15) is 41.6 Å². The van der Waals surface area contributed by atoms with Crippen LogP contribution in [0.25, 0.3) is 0 Å². The van der Waals surface area contributed by atoms with Crippen molar-refractivity contribution in [2.45, 2.75) is 38.6 Å². The van der Waals surface area contributed by atoms with Crippen molar-refractivity contribution in [3.63, 3.8) is 0 Å². The molecule has 1 fully saturated rings. The van der Waals surface area contributed by atoms with E-state index in [4.69, 9.17) is 5.26 Å². The Balaban J connectivity index is 2.35. The minimum Gasteiger partial charge on any atom is -0.322 e. The van der Waals surface area contributed by atoms with Gasteiger partial charge < -0.3 is 4.90 Å². The second-order valence-electron chi connectivity index (χ2n) is 5.24. The summed E-state index contributed by atoms with van der Waals surface area (Å²) in [6.45, 7) is 1.59. The number of benzene rings is 1. The quantitative estimate of drug-likeness (QED) is 0.484. The second kappa shape index (κ2) is 6.35. The molecule has 110 valence electrons. The summed E-state index contributed by atoms with van der Waals surface area (Å²) in [5, 5.41) is 19.9. The lowest BCUT2D eigenvalue weighted by Crippen LogP contribution is -2.39. The van der Waals surface area contributed by atoms with Gasteiger partial charge in [0.15, 0.2) is 0 Å². The summed E-state index contributed by atoms with van der Waals surface area (Å²) in [5.41, 5.74) is 0.601. The Bertz CT molecular complexity index is 601. The Morgan fingerprint density at radius 1 is 1.48 bits per heavy atom. The number of hydrogen-bond donors (Lipinski definition) is 0. The van der Waals surface area contributed by atoms with E-state index in [0.717, 1.165) is 25.7 Å². The van der Waals surface area contributed by atoms with Crippen molar-refractivity contribution in [2.24, 2.45) is 0 Å². The fraction of sp³-hybridized carbons (Fsp3) is 0.467. The van der Waals surface area contributed by atoms with E-state index in [0.29, 0.717) is 11.1 Å². The molecule has 1 aromatic rings. The molecule has 0 radical (unpaired) electrons. The van der Waals surface area contributed by atoms with Crippen LogP contribution >= 0.6 is 0 Å². The summed E-state index contributed by atoms with van der Waals surface area (Å²) in [7, 11) is 0. The van der Waals surface area contributed by atoms with Crippen LogP contribution in [0.4, 0.5) is 5.69 Å². The Morgan fingerprint density at radius 2 is 2.14 bits per heavy atom. The molecule has 1 aliphatic carbocycles. The highest BCUT2D eigenvalue weighted by Gasteiger charge is 2.29. The highest BCUT2D eigenvalue weighted by Crippen LogP contribution is 2.27. The first-order valence-electron chi connectivity index (χ1n) is 6.98. The topological polar surface area (TPSA) is 87.2 Å². The predicted octanol–water partition coefficient (Wildman–Crippen LogP) is 2.81. The SMILES string of the molecule is Cc1c(C(=O)N(CC#N)C2CCCC2)cccc1[N+](=O)[O-]. The number of nitro benzene ring substituents is 1. The van der Waals surface area contributed by atoms with E-state index < -0.39 is 4.92 Å². The van der Waals surface area contributed by atoms with E-state index in [-0.39, 0.29) is 24.2 Å². The molecule has 6 heteroatoms. The molecule has 1 aliphatic rings. The summed E-state index contributed by atoms with van der Waals surface area (Å²) in [6, 6.07) is 6.57. The van der Waals surface area contributed by atoms with Crippen molar-refractivity contribution in [1.29, 1.82) is 5.26 Å². The van der Waals surface area contributed by atoms with Gasteiger partial charge in [-0.05, 0) is 25.8 Å². The Hall–Kier alpha value is -2.42. The molecular formula is C15H17N3O3. The third kappa shape index (κ3) is 3.02. The Morgan fingerprint density at radius 3 is 2.71 bits per heavy atom. The van der Waals surface area contributed by atoms with E-state index in [9.17, 15) is 14.9 Å². The van der Waals surface area contributed by atoms with E-state index in [1.54, 1.807) is 17.9 Å². The van der Waals surface area contributed by atoms with Gasteiger partial charge in [-0.25, -0.2) is 0 Å². The normalized spacial score (nSPS) is 14.7. The molecule has 0 heterocycles. The lowest BCUT2D eigenvalue weighted by Gasteiger charge is -2.27. The monoisotopic (exact) mass is 287 g/mol. The molecule has 0 aliphatic heterocycles. The number of carbonyl (C=O) groups is 1. The van der Waals surface area contributed by atoms with Crippen LogP contribution in [-0.4, -0.2) is 28.3 Å². The van der Waals surface area contributed by atoms with Crippen molar-refractivity contribution in [2.75, 3.05) is 6.54 Å². The van der Waals surface area contributed by atoms with Gasteiger partial charge in [0.2, 0.25) is 0 Å². The lowest BCUT2D eigenvalue weighted by atomic mass is 10.0. The summed E-state index contributed by atoms with van der Waals surface area (Å²) < 4.78 is 0. The first-order chi connectivity index (χ1) is 10.1. The summed E-state index contributed by atoms with van der Waals surface area (Å²) in [5.74, 6) is -0.287. The number of nitriles is 1. The molecule has 0 unspecified atom stereocenters. The molecular weight excluding hydrogens is 270 g/mol. The largest absolute Gasteiger partial charge is 0.322 e. The molecule has 1 aromatic carbocycles. The molecule has 1 saturated carbocycles. The van der Waals surface area contributed by atoms with Crippen molar-refractivity contribution in [1.82, 2.24) is 4.90 Å². The van der Waals surface area contributed by atoms with Crippen LogP contribution < -0.4 is 0 Å². The minimum atomic E-state index is -0.490. The summed E-state index contributed by atoms with van der Waals surface area (Å²) >= 11 is 0. The van der Waals surface area contributed by atoms with Gasteiger partial charge in [-0.15, -0.1) is 0 Å². The van der Waals surface area contributed by atoms with E-state index >= 15 is 0 Å². The van der Waals surface area contributed by atoms with Gasteiger partial charge in [0.1, 0.15) is 6.54 Å². The molecule has 0 atom stereocenters. The summed E-state index contributed by atoms with van der Waals surface area (Å²) in [4.78, 5) is 24.7. The number of nitro groups is 1. The van der Waals surface area contributed by atoms with Gasteiger partial charge in [0.25, 0.3) is 11.6 Å². The van der Waals surface area contributed by atoms with E-state index in [1.165, 1.54) is 12.1 Å². The minimum absolute atomic E-state index is 0.0195. The Labute approximate surface area is 123 Å². The van der Waals surface area contributed by atoms with Crippen molar-refractivity contribution in [3.05, 3.63) is 39.4 Å². The zero-order valence-corrected chi connectivity index (χ0v) is 11.9. The molecule has 0 saturated heterocycles. The average Bonchev–Trinajstić information content (AvgIpc) is 2.98. The number of carbonyl (C=O) groups excluding carboxylic acids is 1. The molecule has 0 spiro atoms. The van der Waals surface area contributed by atoms with Crippen LogP contribution in [0.2, 0.25) is 0 Å². The molecule has 0 N–H and O–H groups in total. The standard InChI is InChI=1S/C15H17N3O3/c1-11-13(7-4-8-14(11)18(20)21)15(19)17(10-9-16)12-5-2-3-6-12/h4,7-8,12H,2-3,5-6,10H2,1H3. The zero-order valence-electron chi connectivity index (χ0n) is 11.9. The number of rotatable bonds is 4. The fourth-order valence-corrected chi connectivity index (χ4v) is 2.87. The average molecular weight is 287 g/mol. The van der Waals surface area contributed by atoms with Crippen LogP contribution in [0, 0.1) is 28.4 Å². The first-order valence-corrected chi connectivity index (χ1v) is 6.98. The number of nitrogens with zero attached hydrogens (tertiary/aromatic N) is 3. The van der Waals surface area contributed by atoms with Crippen LogP contribution in [0.3, 0.4) is 0 Å². The molecule has 1 amide bonds. The lowest BCUT2D eigenvalue weighted by molar-refractivity contribution is -0.385. The van der Waals surface area contributed by atoms with Gasteiger partial charge in [-0.2, -0.15) is 5.26 Å².